The van der Waals surface area contributed by atoms with E-state index in [-0.39, 0.29) is 29.7 Å². The lowest BCUT2D eigenvalue weighted by atomic mass is 10.4. The van der Waals surface area contributed by atoms with Crippen molar-refractivity contribution in [2.45, 2.75) is 32.6 Å². The molecule has 0 amide bonds. The van der Waals surface area contributed by atoms with Crippen LogP contribution in [0, 0.1) is 5.92 Å². The number of nitrogens with zero attached hydrogens (tertiary/aromatic N) is 1. The standard InChI is InChI=1S/C14H29N3O3S.HI/c1-3-15-14(17-9-5-11-21(2,18)19)16-8-4-10-20-12-13-6-7-13;/h13H,3-12H2,1-2H3,(H2,15,16,17);1H. The first-order valence-electron chi connectivity index (χ1n) is 7.79. The van der Waals surface area contributed by atoms with E-state index >= 15 is 0 Å². The number of guanidine groups is 1. The molecule has 132 valence electrons. The molecular weight excluding hydrogens is 417 g/mol. The Bertz CT molecular complexity index is 412. The fourth-order valence-corrected chi connectivity index (χ4v) is 2.43. The molecule has 0 aromatic carbocycles. The molecule has 1 fully saturated rings. The molecule has 0 atom stereocenters. The maximum absolute atomic E-state index is 11.0. The Labute approximate surface area is 151 Å². The fraction of sp³-hybridized carbons (Fsp3) is 0.929. The van der Waals surface area contributed by atoms with Crippen molar-refractivity contribution >= 4 is 39.8 Å². The second kappa shape index (κ2) is 12.3. The van der Waals surface area contributed by atoms with E-state index in [1.165, 1.54) is 19.1 Å². The topological polar surface area (TPSA) is 79.8 Å². The first-order chi connectivity index (χ1) is 10.0. The molecule has 1 aliphatic rings. The Morgan fingerprint density at radius 3 is 2.59 bits per heavy atom. The first kappa shape index (κ1) is 21.9. The Kier molecular flexibility index (Phi) is 12.3. The van der Waals surface area contributed by atoms with Crippen molar-refractivity contribution in [1.82, 2.24) is 10.6 Å². The molecule has 1 rings (SSSR count). The van der Waals surface area contributed by atoms with Crippen LogP contribution >= 0.6 is 24.0 Å². The van der Waals surface area contributed by atoms with Crippen molar-refractivity contribution in [3.05, 3.63) is 0 Å². The second-order valence-corrected chi connectivity index (χ2v) is 7.80. The minimum absolute atomic E-state index is 0. The molecule has 1 saturated carbocycles. The van der Waals surface area contributed by atoms with E-state index in [0.717, 1.165) is 44.6 Å². The summed E-state index contributed by atoms with van der Waals surface area (Å²) in [5, 5.41) is 6.38. The number of hydrogen-bond donors (Lipinski definition) is 2. The van der Waals surface area contributed by atoms with Crippen molar-refractivity contribution in [2.24, 2.45) is 10.9 Å². The summed E-state index contributed by atoms with van der Waals surface area (Å²) in [7, 11) is -2.89. The molecule has 0 unspecified atom stereocenters. The summed E-state index contributed by atoms with van der Waals surface area (Å²) in [5.41, 5.74) is 0. The third kappa shape index (κ3) is 13.6. The largest absolute Gasteiger partial charge is 0.381 e. The normalized spacial score (nSPS) is 15.3. The molecule has 0 heterocycles. The molecular formula is C14H30IN3O3S. The number of halogens is 1. The van der Waals surface area contributed by atoms with Crippen LogP contribution in [0.15, 0.2) is 4.99 Å². The summed E-state index contributed by atoms with van der Waals surface area (Å²) < 4.78 is 27.6. The average molecular weight is 447 g/mol. The molecule has 8 heteroatoms. The van der Waals surface area contributed by atoms with Crippen molar-refractivity contribution in [3.63, 3.8) is 0 Å². The second-order valence-electron chi connectivity index (χ2n) is 5.54. The van der Waals surface area contributed by atoms with Crippen LogP contribution in [0.5, 0.6) is 0 Å². The maximum atomic E-state index is 11.0. The highest BCUT2D eigenvalue weighted by molar-refractivity contribution is 14.0. The van der Waals surface area contributed by atoms with Crippen molar-refractivity contribution in [3.8, 4) is 0 Å². The van der Waals surface area contributed by atoms with Gasteiger partial charge in [-0.3, -0.25) is 4.99 Å². The minimum Gasteiger partial charge on any atom is -0.381 e. The van der Waals surface area contributed by atoms with E-state index in [9.17, 15) is 8.42 Å². The van der Waals surface area contributed by atoms with Crippen LogP contribution in [0.1, 0.15) is 32.6 Å². The van der Waals surface area contributed by atoms with Crippen LogP contribution in [0.4, 0.5) is 0 Å². The van der Waals surface area contributed by atoms with Crippen molar-refractivity contribution < 1.29 is 13.2 Å². The zero-order chi connectivity index (χ0) is 15.6. The Balaban J connectivity index is 0.00000441. The molecule has 0 aromatic heterocycles. The number of nitrogens with one attached hydrogen (secondary N) is 2. The molecule has 6 nitrogen and oxygen atoms in total. The lowest BCUT2D eigenvalue weighted by Crippen LogP contribution is -2.38. The predicted octanol–water partition coefficient (Wildman–Crippen LogP) is 1.41. The van der Waals surface area contributed by atoms with Crippen LogP contribution in [0.3, 0.4) is 0 Å². The van der Waals surface area contributed by atoms with Gasteiger partial charge in [0.1, 0.15) is 9.84 Å². The SMILES string of the molecule is CCNC(=NCCCS(C)(=O)=O)NCCCOCC1CC1.I. The van der Waals surface area contributed by atoms with Crippen LogP contribution in [0.2, 0.25) is 0 Å². The summed E-state index contributed by atoms with van der Waals surface area (Å²) in [5.74, 6) is 1.74. The van der Waals surface area contributed by atoms with Gasteiger partial charge in [0.2, 0.25) is 0 Å². The van der Waals surface area contributed by atoms with Crippen LogP contribution in [-0.4, -0.2) is 59.2 Å². The maximum Gasteiger partial charge on any atom is 0.191 e. The van der Waals surface area contributed by atoms with Gasteiger partial charge >= 0.3 is 0 Å². The lowest BCUT2D eigenvalue weighted by Gasteiger charge is -2.11. The van der Waals surface area contributed by atoms with E-state index in [0.29, 0.717) is 13.0 Å². The van der Waals surface area contributed by atoms with Crippen molar-refractivity contribution in [2.75, 3.05) is 44.9 Å². The number of hydrogen-bond acceptors (Lipinski definition) is 4. The van der Waals surface area contributed by atoms with Crippen LogP contribution in [0.25, 0.3) is 0 Å². The van der Waals surface area contributed by atoms with E-state index in [4.69, 9.17) is 4.74 Å². The smallest absolute Gasteiger partial charge is 0.191 e. The van der Waals surface area contributed by atoms with E-state index in [2.05, 4.69) is 15.6 Å². The van der Waals surface area contributed by atoms with E-state index < -0.39 is 9.84 Å². The quantitative estimate of drug-likeness (QED) is 0.217. The van der Waals surface area contributed by atoms with E-state index in [1.54, 1.807) is 0 Å². The Morgan fingerprint density at radius 2 is 2.00 bits per heavy atom. The minimum atomic E-state index is -2.89. The van der Waals surface area contributed by atoms with Gasteiger partial charge in [-0.2, -0.15) is 0 Å². The third-order valence-electron chi connectivity index (χ3n) is 3.10. The molecule has 0 aromatic rings. The van der Waals surface area contributed by atoms with Gasteiger partial charge < -0.3 is 15.4 Å². The van der Waals surface area contributed by atoms with Gasteiger partial charge in [-0.1, -0.05) is 0 Å². The molecule has 0 aliphatic heterocycles. The zero-order valence-corrected chi connectivity index (χ0v) is 16.8. The zero-order valence-electron chi connectivity index (χ0n) is 13.6. The van der Waals surface area contributed by atoms with Gasteiger partial charge in [-0.25, -0.2) is 8.42 Å². The number of ether oxygens (including phenoxy) is 1. The highest BCUT2D eigenvalue weighted by Gasteiger charge is 2.20. The van der Waals surface area contributed by atoms with Crippen molar-refractivity contribution in [1.29, 1.82) is 0 Å². The lowest BCUT2D eigenvalue weighted by molar-refractivity contribution is 0.123. The molecule has 1 aliphatic carbocycles. The monoisotopic (exact) mass is 447 g/mol. The fourth-order valence-electron chi connectivity index (χ4n) is 1.77. The molecule has 22 heavy (non-hydrogen) atoms. The number of rotatable bonds is 11. The predicted molar refractivity (Wildman–Crippen MR) is 102 cm³/mol. The molecule has 0 spiro atoms. The van der Waals surface area contributed by atoms with Gasteiger partial charge in [0.15, 0.2) is 5.96 Å². The van der Waals surface area contributed by atoms with Gasteiger partial charge in [0, 0.05) is 39.1 Å². The van der Waals surface area contributed by atoms with Gasteiger partial charge in [0.25, 0.3) is 0 Å². The summed E-state index contributed by atoms with van der Waals surface area (Å²) in [6, 6.07) is 0. The average Bonchev–Trinajstić information content (AvgIpc) is 3.21. The highest BCUT2D eigenvalue weighted by Crippen LogP contribution is 2.28. The van der Waals surface area contributed by atoms with E-state index in [1.807, 2.05) is 6.92 Å². The Hall–Kier alpha value is -0.0900. The van der Waals surface area contributed by atoms with Crippen LogP contribution in [-0.2, 0) is 14.6 Å². The van der Waals surface area contributed by atoms with Gasteiger partial charge in [-0.15, -0.1) is 24.0 Å². The third-order valence-corrected chi connectivity index (χ3v) is 4.13. The van der Waals surface area contributed by atoms with Gasteiger partial charge in [-0.05, 0) is 38.5 Å². The van der Waals surface area contributed by atoms with Gasteiger partial charge in [0.05, 0.1) is 5.75 Å². The highest BCUT2D eigenvalue weighted by atomic mass is 127. The molecule has 2 N–H and O–H groups in total. The van der Waals surface area contributed by atoms with Crippen LogP contribution < -0.4 is 10.6 Å². The summed E-state index contributed by atoms with van der Waals surface area (Å²) >= 11 is 0. The molecule has 0 saturated heterocycles. The molecule has 0 radical (unpaired) electrons. The number of sulfone groups is 1. The number of aliphatic imine (C=N–C) groups is 1. The Morgan fingerprint density at radius 1 is 1.27 bits per heavy atom. The first-order valence-corrected chi connectivity index (χ1v) is 9.85. The summed E-state index contributed by atoms with van der Waals surface area (Å²) in [6.45, 7) is 5.79. The molecule has 0 bridgehead atoms. The summed E-state index contributed by atoms with van der Waals surface area (Å²) in [6.07, 6.45) is 5.40. The summed E-state index contributed by atoms with van der Waals surface area (Å²) in [4.78, 5) is 4.36.